The molecular formula is C9H12N2O3S. The lowest BCUT2D eigenvalue weighted by atomic mass is 10.1. The third-order valence-electron chi connectivity index (χ3n) is 1.93. The van der Waals surface area contributed by atoms with E-state index in [-0.39, 0.29) is 22.7 Å². The molecule has 0 saturated heterocycles. The van der Waals surface area contributed by atoms with E-state index in [1.54, 1.807) is 6.92 Å². The normalized spacial score (nSPS) is 11.3. The summed E-state index contributed by atoms with van der Waals surface area (Å²) in [5, 5.41) is 4.98. The van der Waals surface area contributed by atoms with Gasteiger partial charge in [0.15, 0.2) is 5.78 Å². The molecule has 1 aromatic rings. The van der Waals surface area contributed by atoms with E-state index in [0.717, 1.165) is 0 Å². The number of carbonyl (C=O) groups excluding carboxylic acids is 1. The molecule has 4 N–H and O–H groups in total. The largest absolute Gasteiger partial charge is 0.399 e. The molecule has 6 heteroatoms. The fraction of sp³-hybridized carbons (Fsp3) is 0.222. The van der Waals surface area contributed by atoms with E-state index in [1.807, 2.05) is 0 Å². The second kappa shape index (κ2) is 4.00. The van der Waals surface area contributed by atoms with E-state index in [4.69, 9.17) is 10.9 Å². The van der Waals surface area contributed by atoms with Crippen molar-refractivity contribution < 1.29 is 13.2 Å². The van der Waals surface area contributed by atoms with Crippen molar-refractivity contribution >= 4 is 21.5 Å². The van der Waals surface area contributed by atoms with Gasteiger partial charge in [-0.2, -0.15) is 0 Å². The summed E-state index contributed by atoms with van der Waals surface area (Å²) < 4.78 is 22.3. The van der Waals surface area contributed by atoms with Gasteiger partial charge in [0.05, 0.1) is 4.90 Å². The topological polar surface area (TPSA) is 103 Å². The molecule has 0 amide bonds. The summed E-state index contributed by atoms with van der Waals surface area (Å²) in [7, 11) is -3.88. The zero-order chi connectivity index (χ0) is 11.6. The fourth-order valence-electron chi connectivity index (χ4n) is 1.20. The van der Waals surface area contributed by atoms with Crippen LogP contribution in [0.5, 0.6) is 0 Å². The zero-order valence-electron chi connectivity index (χ0n) is 8.23. The highest BCUT2D eigenvalue weighted by atomic mass is 32.2. The molecule has 0 aromatic heterocycles. The van der Waals surface area contributed by atoms with E-state index in [0.29, 0.717) is 5.69 Å². The van der Waals surface area contributed by atoms with Crippen molar-refractivity contribution in [2.75, 3.05) is 5.73 Å². The maximum atomic E-state index is 11.5. The summed E-state index contributed by atoms with van der Waals surface area (Å²) in [6.45, 7) is 1.64. The third-order valence-corrected chi connectivity index (χ3v) is 2.90. The van der Waals surface area contributed by atoms with E-state index < -0.39 is 10.0 Å². The standard InChI is InChI=1S/C9H12N2O3S/c1-2-8(12)7-5-6(10)3-4-9(7)15(11,13)14/h3-5H,2,10H2,1H3,(H2,11,13,14). The summed E-state index contributed by atoms with van der Waals surface area (Å²) in [5.74, 6) is -0.300. The first-order valence-electron chi connectivity index (χ1n) is 4.31. The molecule has 0 aliphatic heterocycles. The summed E-state index contributed by atoms with van der Waals surface area (Å²) in [6.07, 6.45) is 0.200. The Balaban J connectivity index is 3.47. The minimum Gasteiger partial charge on any atom is -0.399 e. The summed E-state index contributed by atoms with van der Waals surface area (Å²) in [5.41, 5.74) is 5.86. The predicted octanol–water partition coefficient (Wildman–Crippen LogP) is 0.509. The molecule has 0 bridgehead atoms. The van der Waals surface area contributed by atoms with Crippen molar-refractivity contribution in [1.29, 1.82) is 0 Å². The van der Waals surface area contributed by atoms with E-state index >= 15 is 0 Å². The molecule has 0 aliphatic carbocycles. The average Bonchev–Trinajstić information content (AvgIpc) is 2.14. The molecule has 0 fully saturated rings. The second-order valence-corrected chi connectivity index (χ2v) is 4.61. The number of rotatable bonds is 3. The Hall–Kier alpha value is -1.40. The number of primary sulfonamides is 1. The lowest BCUT2D eigenvalue weighted by Crippen LogP contribution is -2.16. The molecular weight excluding hydrogens is 216 g/mol. The van der Waals surface area contributed by atoms with Crippen LogP contribution in [-0.4, -0.2) is 14.2 Å². The van der Waals surface area contributed by atoms with Crippen LogP contribution in [0.4, 0.5) is 5.69 Å². The number of hydrogen-bond donors (Lipinski definition) is 2. The summed E-state index contributed by atoms with van der Waals surface area (Å²) in [6, 6.07) is 3.96. The van der Waals surface area contributed by atoms with Crippen LogP contribution in [0.3, 0.4) is 0 Å². The van der Waals surface area contributed by atoms with Gasteiger partial charge in [-0.15, -0.1) is 0 Å². The lowest BCUT2D eigenvalue weighted by Gasteiger charge is -2.06. The van der Waals surface area contributed by atoms with Crippen molar-refractivity contribution in [3.63, 3.8) is 0 Å². The SMILES string of the molecule is CCC(=O)c1cc(N)ccc1S(N)(=O)=O. The Kier molecular flexibility index (Phi) is 3.11. The van der Waals surface area contributed by atoms with Gasteiger partial charge in [-0.1, -0.05) is 6.92 Å². The van der Waals surface area contributed by atoms with Crippen LogP contribution in [0.1, 0.15) is 23.7 Å². The molecule has 0 radical (unpaired) electrons. The zero-order valence-corrected chi connectivity index (χ0v) is 9.04. The molecule has 15 heavy (non-hydrogen) atoms. The Morgan fingerprint density at radius 2 is 2.00 bits per heavy atom. The smallest absolute Gasteiger partial charge is 0.238 e. The number of carbonyl (C=O) groups is 1. The molecule has 82 valence electrons. The van der Waals surface area contributed by atoms with Gasteiger partial charge in [-0.25, -0.2) is 13.6 Å². The molecule has 0 unspecified atom stereocenters. The van der Waals surface area contributed by atoms with E-state index in [1.165, 1.54) is 18.2 Å². The number of benzene rings is 1. The van der Waals surface area contributed by atoms with Gasteiger partial charge in [0, 0.05) is 17.7 Å². The quantitative estimate of drug-likeness (QED) is 0.581. The first-order valence-corrected chi connectivity index (χ1v) is 5.86. The number of sulfonamides is 1. The first-order chi connectivity index (χ1) is 6.86. The van der Waals surface area contributed by atoms with Crippen molar-refractivity contribution in [2.45, 2.75) is 18.2 Å². The van der Waals surface area contributed by atoms with Gasteiger partial charge in [-0.3, -0.25) is 4.79 Å². The highest BCUT2D eigenvalue weighted by molar-refractivity contribution is 7.89. The summed E-state index contributed by atoms with van der Waals surface area (Å²) in [4.78, 5) is 11.3. The monoisotopic (exact) mass is 228 g/mol. The van der Waals surface area contributed by atoms with Crippen LogP contribution >= 0.6 is 0 Å². The number of nitrogen functional groups attached to an aromatic ring is 1. The van der Waals surface area contributed by atoms with Gasteiger partial charge < -0.3 is 5.73 Å². The van der Waals surface area contributed by atoms with Crippen molar-refractivity contribution in [3.8, 4) is 0 Å². The Morgan fingerprint density at radius 3 is 2.47 bits per heavy atom. The van der Waals surface area contributed by atoms with Crippen molar-refractivity contribution in [2.24, 2.45) is 5.14 Å². The number of nitrogens with two attached hydrogens (primary N) is 2. The molecule has 1 rings (SSSR count). The number of ketones is 1. The maximum Gasteiger partial charge on any atom is 0.238 e. The number of hydrogen-bond acceptors (Lipinski definition) is 4. The second-order valence-electron chi connectivity index (χ2n) is 3.08. The highest BCUT2D eigenvalue weighted by Gasteiger charge is 2.18. The Labute approximate surface area is 88.1 Å². The lowest BCUT2D eigenvalue weighted by molar-refractivity contribution is 0.0985. The first kappa shape index (κ1) is 11.7. The van der Waals surface area contributed by atoms with Crippen LogP contribution in [0.15, 0.2) is 23.1 Å². The van der Waals surface area contributed by atoms with Gasteiger partial charge in [0.2, 0.25) is 10.0 Å². The van der Waals surface area contributed by atoms with Crippen LogP contribution < -0.4 is 10.9 Å². The van der Waals surface area contributed by atoms with Gasteiger partial charge in [0.1, 0.15) is 0 Å². The number of anilines is 1. The van der Waals surface area contributed by atoms with Gasteiger partial charge in [-0.05, 0) is 18.2 Å². The Morgan fingerprint density at radius 1 is 1.40 bits per heavy atom. The number of Topliss-reactive ketones (excluding diaryl/α,β-unsaturated/α-hetero) is 1. The third kappa shape index (κ3) is 2.54. The van der Waals surface area contributed by atoms with Crippen LogP contribution in [0.2, 0.25) is 0 Å². The molecule has 0 atom stereocenters. The van der Waals surface area contributed by atoms with Crippen LogP contribution in [0, 0.1) is 0 Å². The maximum absolute atomic E-state index is 11.5. The Bertz CT molecular complexity index is 494. The van der Waals surface area contributed by atoms with Gasteiger partial charge in [0.25, 0.3) is 0 Å². The molecule has 1 aromatic carbocycles. The van der Waals surface area contributed by atoms with Gasteiger partial charge >= 0.3 is 0 Å². The highest BCUT2D eigenvalue weighted by Crippen LogP contribution is 2.19. The summed E-state index contributed by atoms with van der Waals surface area (Å²) >= 11 is 0. The predicted molar refractivity (Wildman–Crippen MR) is 56.8 cm³/mol. The van der Waals surface area contributed by atoms with Crippen LogP contribution in [-0.2, 0) is 10.0 Å². The molecule has 0 spiro atoms. The molecule has 5 nitrogen and oxygen atoms in total. The molecule has 0 heterocycles. The van der Waals surface area contributed by atoms with E-state index in [9.17, 15) is 13.2 Å². The molecule has 0 aliphatic rings. The van der Waals surface area contributed by atoms with Crippen molar-refractivity contribution in [3.05, 3.63) is 23.8 Å². The fourth-order valence-corrected chi connectivity index (χ4v) is 1.94. The van der Waals surface area contributed by atoms with E-state index in [2.05, 4.69) is 0 Å². The minimum atomic E-state index is -3.88. The average molecular weight is 228 g/mol. The minimum absolute atomic E-state index is 0.0556. The van der Waals surface area contributed by atoms with Crippen LogP contribution in [0.25, 0.3) is 0 Å². The molecule has 0 saturated carbocycles. The van der Waals surface area contributed by atoms with Crippen molar-refractivity contribution in [1.82, 2.24) is 0 Å².